The molecule has 1 aromatic rings. The molecular weight excluding hydrogens is 337 g/mol. The lowest BCUT2D eigenvalue weighted by Gasteiger charge is -2.11. The van der Waals surface area contributed by atoms with E-state index in [1.54, 1.807) is 6.07 Å². The number of carbonyl (C=O) groups is 2. The van der Waals surface area contributed by atoms with Gasteiger partial charge in [0.2, 0.25) is 5.91 Å². The smallest absolute Gasteiger partial charge is 0.368 e. The Balaban J connectivity index is 2.65. The number of pyridine rings is 1. The summed E-state index contributed by atoms with van der Waals surface area (Å²) in [6, 6.07) is 2.29. The molecule has 0 unspecified atom stereocenters. The fourth-order valence-corrected chi connectivity index (χ4v) is 1.83. The number of halogens is 4. The summed E-state index contributed by atoms with van der Waals surface area (Å²) in [7, 11) is 1.30. The average Bonchev–Trinajstić information content (AvgIpc) is 2.48. The lowest BCUT2D eigenvalue weighted by atomic mass is 10.0. The number of aromatic nitrogens is 1. The monoisotopic (exact) mass is 348 g/mol. The number of nitriles is 1. The molecule has 0 aromatic carbocycles. The van der Waals surface area contributed by atoms with Crippen LogP contribution in [0.4, 0.5) is 19.0 Å². The minimum Gasteiger partial charge on any atom is -0.368 e. The molecule has 0 aliphatic carbocycles. The van der Waals surface area contributed by atoms with Crippen LogP contribution < -0.4 is 10.6 Å². The van der Waals surface area contributed by atoms with Crippen LogP contribution >= 0.6 is 11.6 Å². The van der Waals surface area contributed by atoms with Crippen LogP contribution in [0.2, 0.25) is 5.02 Å². The molecular formula is C13H12ClF3N4O2. The van der Waals surface area contributed by atoms with Gasteiger partial charge in [0.25, 0.3) is 0 Å². The number of hydrogen-bond donors (Lipinski definition) is 2. The molecule has 0 fully saturated rings. The third kappa shape index (κ3) is 5.10. The Bertz CT molecular complexity index is 643. The summed E-state index contributed by atoms with van der Waals surface area (Å²) in [6.45, 7) is -0.0356. The zero-order valence-corrected chi connectivity index (χ0v) is 12.6. The summed E-state index contributed by atoms with van der Waals surface area (Å²) in [5.74, 6) is -2.80. The molecule has 1 amide bonds. The van der Waals surface area contributed by atoms with Gasteiger partial charge in [-0.05, 0) is 6.07 Å². The first-order valence-corrected chi connectivity index (χ1v) is 6.69. The third-order valence-corrected chi connectivity index (χ3v) is 3.08. The quantitative estimate of drug-likeness (QED) is 0.767. The van der Waals surface area contributed by atoms with Crippen LogP contribution in [0, 0.1) is 17.2 Å². The molecule has 0 aliphatic rings. The van der Waals surface area contributed by atoms with Crippen LogP contribution in [0.5, 0.6) is 0 Å². The van der Waals surface area contributed by atoms with Crippen LogP contribution in [0.1, 0.15) is 12.0 Å². The number of alkyl halides is 3. The van der Waals surface area contributed by atoms with E-state index in [9.17, 15) is 22.8 Å². The van der Waals surface area contributed by atoms with Crippen molar-refractivity contribution in [3.05, 3.63) is 22.8 Å². The van der Waals surface area contributed by atoms with Gasteiger partial charge in [-0.1, -0.05) is 11.6 Å². The summed E-state index contributed by atoms with van der Waals surface area (Å²) in [4.78, 5) is 26.5. The second-order valence-electron chi connectivity index (χ2n) is 4.37. The summed E-state index contributed by atoms with van der Waals surface area (Å²) in [5.41, 5.74) is -0.992. The molecule has 0 spiro atoms. The van der Waals surface area contributed by atoms with E-state index < -0.39 is 29.3 Å². The van der Waals surface area contributed by atoms with Gasteiger partial charge in [-0.2, -0.15) is 18.4 Å². The molecule has 23 heavy (non-hydrogen) atoms. The highest BCUT2D eigenvalue weighted by Gasteiger charge is 2.31. The zero-order valence-electron chi connectivity index (χ0n) is 11.9. The Hall–Kier alpha value is -2.34. The summed E-state index contributed by atoms with van der Waals surface area (Å²) < 4.78 is 37.4. The Morgan fingerprint density at radius 3 is 2.61 bits per heavy atom. The number of ketones is 1. The molecule has 0 bridgehead atoms. The van der Waals surface area contributed by atoms with E-state index in [-0.39, 0.29) is 23.8 Å². The number of anilines is 1. The zero-order chi connectivity index (χ0) is 17.6. The van der Waals surface area contributed by atoms with Gasteiger partial charge in [-0.25, -0.2) is 4.98 Å². The molecule has 124 valence electrons. The van der Waals surface area contributed by atoms with Gasteiger partial charge in [-0.15, -0.1) is 0 Å². The number of rotatable bonds is 6. The van der Waals surface area contributed by atoms with E-state index in [0.717, 1.165) is 0 Å². The molecule has 2 N–H and O–H groups in total. The van der Waals surface area contributed by atoms with Crippen molar-refractivity contribution in [2.24, 2.45) is 5.92 Å². The maximum absolute atomic E-state index is 12.5. The number of hydrogen-bond acceptors (Lipinski definition) is 5. The van der Waals surface area contributed by atoms with Gasteiger partial charge in [0, 0.05) is 26.2 Å². The van der Waals surface area contributed by atoms with Gasteiger partial charge < -0.3 is 10.6 Å². The highest BCUT2D eigenvalue weighted by Crippen LogP contribution is 2.32. The molecule has 1 rings (SSSR count). The third-order valence-electron chi connectivity index (χ3n) is 2.79. The maximum Gasteiger partial charge on any atom is 0.417 e. The Labute approximate surface area is 134 Å². The topological polar surface area (TPSA) is 94.9 Å². The van der Waals surface area contributed by atoms with Crippen molar-refractivity contribution in [3.8, 4) is 6.07 Å². The Morgan fingerprint density at radius 2 is 2.13 bits per heavy atom. The molecule has 6 nitrogen and oxygen atoms in total. The Morgan fingerprint density at radius 1 is 1.48 bits per heavy atom. The van der Waals surface area contributed by atoms with Gasteiger partial charge in [0.15, 0.2) is 11.7 Å². The normalized spacial score (nSPS) is 12.2. The van der Waals surface area contributed by atoms with E-state index in [1.807, 2.05) is 0 Å². The first-order chi connectivity index (χ1) is 10.7. The molecule has 0 aliphatic heterocycles. The first kappa shape index (κ1) is 18.7. The molecule has 1 atom stereocenters. The van der Waals surface area contributed by atoms with Crippen molar-refractivity contribution in [1.82, 2.24) is 10.3 Å². The minimum absolute atomic E-state index is 0.0269. The summed E-state index contributed by atoms with van der Waals surface area (Å²) in [6.07, 6.45) is -4.14. The van der Waals surface area contributed by atoms with Crippen LogP contribution in [0.15, 0.2) is 12.3 Å². The number of Topliss-reactive ketones (excluding diaryl/α,β-unsaturated/α-hetero) is 1. The van der Waals surface area contributed by atoms with Crippen LogP contribution in [0.25, 0.3) is 0 Å². The van der Waals surface area contributed by atoms with Crippen molar-refractivity contribution in [3.63, 3.8) is 0 Å². The minimum atomic E-state index is -4.56. The lowest BCUT2D eigenvalue weighted by molar-refractivity contribution is -0.138. The molecule has 1 heterocycles. The maximum atomic E-state index is 12.5. The number of carbonyl (C=O) groups excluding carboxylic acids is 2. The van der Waals surface area contributed by atoms with Crippen LogP contribution in [-0.2, 0) is 15.8 Å². The van der Waals surface area contributed by atoms with Gasteiger partial charge >= 0.3 is 6.18 Å². The summed E-state index contributed by atoms with van der Waals surface area (Å²) in [5, 5.41) is 13.3. The number of nitrogens with zero attached hydrogens (tertiary/aromatic N) is 2. The van der Waals surface area contributed by atoms with Gasteiger partial charge in [0.05, 0.1) is 16.7 Å². The largest absolute Gasteiger partial charge is 0.417 e. The van der Waals surface area contributed by atoms with Crippen molar-refractivity contribution >= 4 is 29.1 Å². The van der Waals surface area contributed by atoms with E-state index in [0.29, 0.717) is 12.3 Å². The number of amides is 1. The SMILES string of the molecule is CNC(=O)[C@H](C#N)C(=O)CCNc1ncc(C(F)(F)F)cc1Cl. The van der Waals surface area contributed by atoms with Gasteiger partial charge in [-0.3, -0.25) is 9.59 Å². The predicted octanol–water partition coefficient (Wildman–Crippen LogP) is 2.01. The molecule has 1 aromatic heterocycles. The van der Waals surface area contributed by atoms with Gasteiger partial charge in [0.1, 0.15) is 5.82 Å². The molecule has 0 radical (unpaired) electrons. The molecule has 0 saturated heterocycles. The molecule has 0 saturated carbocycles. The van der Waals surface area contributed by atoms with E-state index in [4.69, 9.17) is 16.9 Å². The highest BCUT2D eigenvalue weighted by atomic mass is 35.5. The van der Waals surface area contributed by atoms with E-state index in [1.165, 1.54) is 7.05 Å². The van der Waals surface area contributed by atoms with Crippen molar-refractivity contribution in [1.29, 1.82) is 5.26 Å². The standard InChI is InChI=1S/C13H12ClF3N4O2/c1-19-12(23)8(5-18)10(22)2-3-20-11-9(14)4-7(6-21-11)13(15,16)17/h4,6,8H,2-3H2,1H3,(H,19,23)(H,20,21)/t8-/m1/s1. The average molecular weight is 349 g/mol. The Kier molecular flexibility index (Phi) is 6.33. The molecule has 10 heteroatoms. The lowest BCUT2D eigenvalue weighted by Crippen LogP contribution is -2.32. The van der Waals surface area contributed by atoms with Crippen molar-refractivity contribution in [2.75, 3.05) is 18.9 Å². The van der Waals surface area contributed by atoms with Crippen LogP contribution in [-0.4, -0.2) is 30.3 Å². The predicted molar refractivity (Wildman–Crippen MR) is 75.5 cm³/mol. The fraction of sp³-hybridized carbons (Fsp3) is 0.385. The summed E-state index contributed by atoms with van der Waals surface area (Å²) >= 11 is 5.69. The van der Waals surface area contributed by atoms with Crippen LogP contribution in [0.3, 0.4) is 0 Å². The second kappa shape index (κ2) is 7.78. The van der Waals surface area contributed by atoms with Crippen molar-refractivity contribution < 1.29 is 22.8 Å². The van der Waals surface area contributed by atoms with E-state index in [2.05, 4.69) is 15.6 Å². The fourth-order valence-electron chi connectivity index (χ4n) is 1.59. The second-order valence-corrected chi connectivity index (χ2v) is 4.78. The first-order valence-electron chi connectivity index (χ1n) is 6.31. The number of nitrogens with one attached hydrogen (secondary N) is 2. The van der Waals surface area contributed by atoms with Crippen molar-refractivity contribution in [2.45, 2.75) is 12.6 Å². The highest BCUT2D eigenvalue weighted by molar-refractivity contribution is 6.33. The van der Waals surface area contributed by atoms with E-state index >= 15 is 0 Å².